The lowest BCUT2D eigenvalue weighted by atomic mass is 10.0. The molecule has 0 aliphatic heterocycles. The molecule has 0 aliphatic carbocycles. The highest BCUT2D eigenvalue weighted by Crippen LogP contribution is 2.29. The molecule has 0 heterocycles. The van der Waals surface area contributed by atoms with Gasteiger partial charge in [0.1, 0.15) is 10.6 Å². The SMILES string of the molecule is Cc1cc(Br)cc([C@H](CC(=O)O)N[S+]([O-])C(C)(C)C)c1F. The average Bonchev–Trinajstić information content (AvgIpc) is 2.31. The van der Waals surface area contributed by atoms with E-state index < -0.39 is 33.9 Å². The Kier molecular flexibility index (Phi) is 6.22. The lowest BCUT2D eigenvalue weighted by Crippen LogP contribution is -2.42. The first kappa shape index (κ1) is 18.4. The zero-order chi connectivity index (χ0) is 16.4. The molecule has 1 aromatic rings. The Morgan fingerprint density at radius 2 is 2.10 bits per heavy atom. The van der Waals surface area contributed by atoms with E-state index in [-0.39, 0.29) is 12.0 Å². The predicted molar refractivity (Wildman–Crippen MR) is 84.9 cm³/mol. The summed E-state index contributed by atoms with van der Waals surface area (Å²) in [5.74, 6) is -1.57. The highest BCUT2D eigenvalue weighted by atomic mass is 79.9. The van der Waals surface area contributed by atoms with Crippen LogP contribution < -0.4 is 4.72 Å². The van der Waals surface area contributed by atoms with E-state index >= 15 is 0 Å². The van der Waals surface area contributed by atoms with Gasteiger partial charge >= 0.3 is 5.97 Å². The quantitative estimate of drug-likeness (QED) is 0.768. The maximum Gasteiger partial charge on any atom is 0.305 e. The summed E-state index contributed by atoms with van der Waals surface area (Å²) in [6.07, 6.45) is -0.353. The van der Waals surface area contributed by atoms with Crippen molar-refractivity contribution < 1.29 is 18.8 Å². The molecule has 2 N–H and O–H groups in total. The van der Waals surface area contributed by atoms with Gasteiger partial charge in [-0.1, -0.05) is 15.9 Å². The third-order valence-electron chi connectivity index (χ3n) is 2.81. The van der Waals surface area contributed by atoms with Crippen molar-refractivity contribution in [2.45, 2.75) is 44.9 Å². The maximum absolute atomic E-state index is 14.3. The molecular weight excluding hydrogens is 361 g/mol. The molecule has 0 fully saturated rings. The van der Waals surface area contributed by atoms with Gasteiger partial charge in [0.2, 0.25) is 0 Å². The van der Waals surface area contributed by atoms with E-state index in [1.807, 2.05) is 0 Å². The number of aryl methyl sites for hydroxylation is 1. The summed E-state index contributed by atoms with van der Waals surface area (Å²) in [7, 11) is 0. The smallest absolute Gasteiger partial charge is 0.305 e. The van der Waals surface area contributed by atoms with Gasteiger partial charge in [0.25, 0.3) is 0 Å². The first-order chi connectivity index (χ1) is 9.52. The summed E-state index contributed by atoms with van der Waals surface area (Å²) in [4.78, 5) is 11.0. The van der Waals surface area contributed by atoms with E-state index in [0.717, 1.165) is 0 Å². The molecule has 7 heteroatoms. The van der Waals surface area contributed by atoms with Crippen LogP contribution in [-0.4, -0.2) is 20.4 Å². The fourth-order valence-corrected chi connectivity index (χ4v) is 3.11. The highest BCUT2D eigenvalue weighted by molar-refractivity contribution is 9.10. The monoisotopic (exact) mass is 379 g/mol. The molecule has 0 aliphatic rings. The second kappa shape index (κ2) is 7.09. The van der Waals surface area contributed by atoms with E-state index in [1.165, 1.54) is 6.07 Å². The average molecular weight is 380 g/mol. The zero-order valence-corrected chi connectivity index (χ0v) is 14.8. The molecule has 4 nitrogen and oxygen atoms in total. The molecule has 0 spiro atoms. The Hall–Kier alpha value is -0.630. The molecule has 2 atom stereocenters. The molecule has 0 saturated carbocycles. The molecule has 118 valence electrons. The van der Waals surface area contributed by atoms with Crippen LogP contribution in [0.5, 0.6) is 0 Å². The summed E-state index contributed by atoms with van der Waals surface area (Å²) in [6.45, 7) is 6.88. The van der Waals surface area contributed by atoms with E-state index in [9.17, 15) is 13.7 Å². The number of carboxylic acid groups (broad SMARTS) is 1. The van der Waals surface area contributed by atoms with Crippen molar-refractivity contribution in [1.29, 1.82) is 0 Å². The van der Waals surface area contributed by atoms with Crippen molar-refractivity contribution >= 4 is 33.3 Å². The van der Waals surface area contributed by atoms with E-state index in [1.54, 1.807) is 33.8 Å². The second-order valence-electron chi connectivity index (χ2n) is 5.78. The molecule has 21 heavy (non-hydrogen) atoms. The number of halogens is 2. The van der Waals surface area contributed by atoms with Crippen molar-refractivity contribution in [3.63, 3.8) is 0 Å². The minimum Gasteiger partial charge on any atom is -0.598 e. The Labute approximate surface area is 135 Å². The minimum atomic E-state index is -1.50. The number of aliphatic carboxylic acids is 1. The van der Waals surface area contributed by atoms with E-state index in [4.69, 9.17) is 5.11 Å². The standard InChI is InChI=1S/C14H19BrFNO3S/c1-8-5-9(15)6-10(13(8)16)11(7-12(18)19)17-21(20)14(2,3)4/h5-6,11,17H,7H2,1-4H3,(H,18,19)/t11-,21?/m0/s1. The van der Waals surface area contributed by atoms with Crippen LogP contribution >= 0.6 is 15.9 Å². The molecule has 0 bridgehead atoms. The number of hydrogen-bond acceptors (Lipinski definition) is 3. The number of benzene rings is 1. The first-order valence-electron chi connectivity index (χ1n) is 6.37. The fourth-order valence-electron chi connectivity index (χ4n) is 1.70. The molecule has 0 aromatic heterocycles. The zero-order valence-electron chi connectivity index (χ0n) is 12.4. The number of nitrogens with one attached hydrogen (secondary N) is 1. The summed E-state index contributed by atoms with van der Waals surface area (Å²) in [5.41, 5.74) is 0.597. The minimum absolute atomic E-state index is 0.196. The third-order valence-corrected chi connectivity index (χ3v) is 4.88. The van der Waals surface area contributed by atoms with Gasteiger partial charge in [-0.3, -0.25) is 4.79 Å². The van der Waals surface area contributed by atoms with Crippen LogP contribution in [0.1, 0.15) is 44.4 Å². The molecule has 1 rings (SSSR count). The lowest BCUT2D eigenvalue weighted by molar-refractivity contribution is -0.137. The van der Waals surface area contributed by atoms with E-state index in [2.05, 4.69) is 20.7 Å². The van der Waals surface area contributed by atoms with E-state index in [0.29, 0.717) is 10.0 Å². The second-order valence-corrected chi connectivity index (χ2v) is 8.69. The van der Waals surface area contributed by atoms with Crippen LogP contribution in [0.2, 0.25) is 0 Å². The first-order valence-corrected chi connectivity index (χ1v) is 8.32. The van der Waals surface area contributed by atoms with Gasteiger partial charge in [0.05, 0.1) is 12.5 Å². The topological polar surface area (TPSA) is 72.4 Å². The van der Waals surface area contributed by atoms with Gasteiger partial charge in [-0.05, 0) is 45.4 Å². The Bertz CT molecular complexity index is 534. The Morgan fingerprint density at radius 1 is 1.52 bits per heavy atom. The van der Waals surface area contributed by atoms with Crippen LogP contribution in [0, 0.1) is 12.7 Å². The molecule has 1 unspecified atom stereocenters. The van der Waals surface area contributed by atoms with Gasteiger partial charge in [0.15, 0.2) is 0 Å². The molecule has 0 amide bonds. The summed E-state index contributed by atoms with van der Waals surface area (Å²) in [5, 5.41) is 9.02. The number of rotatable bonds is 5. The molecule has 0 saturated heterocycles. The van der Waals surface area contributed by atoms with Gasteiger partial charge in [-0.25, -0.2) is 4.39 Å². The van der Waals surface area contributed by atoms with Crippen LogP contribution in [-0.2, 0) is 16.2 Å². The van der Waals surface area contributed by atoms with Crippen molar-refractivity contribution in [2.75, 3.05) is 0 Å². The van der Waals surface area contributed by atoms with Crippen molar-refractivity contribution in [3.8, 4) is 0 Å². The summed E-state index contributed by atoms with van der Waals surface area (Å²) >= 11 is 1.77. The van der Waals surface area contributed by atoms with Crippen molar-refractivity contribution in [2.24, 2.45) is 0 Å². The lowest BCUT2D eigenvalue weighted by Gasteiger charge is -2.28. The normalized spacial score (nSPS) is 14.8. The number of carbonyl (C=O) groups is 1. The van der Waals surface area contributed by atoms with Crippen molar-refractivity contribution in [1.82, 2.24) is 4.72 Å². The third kappa shape index (κ3) is 5.25. The number of hydrogen-bond donors (Lipinski definition) is 2. The van der Waals surface area contributed by atoms with Crippen molar-refractivity contribution in [3.05, 3.63) is 33.5 Å². The Morgan fingerprint density at radius 3 is 2.57 bits per heavy atom. The fraction of sp³-hybridized carbons (Fsp3) is 0.500. The predicted octanol–water partition coefficient (Wildman–Crippen LogP) is 3.46. The summed E-state index contributed by atoms with van der Waals surface area (Å²) in [6, 6.07) is 2.26. The Balaban J connectivity index is 3.17. The molecule has 0 radical (unpaired) electrons. The van der Waals surface area contributed by atoms with Crippen LogP contribution in [0.15, 0.2) is 16.6 Å². The molecule has 1 aromatic carbocycles. The maximum atomic E-state index is 14.3. The van der Waals surface area contributed by atoms with Gasteiger partial charge < -0.3 is 9.66 Å². The number of carboxylic acids is 1. The van der Waals surface area contributed by atoms with Gasteiger partial charge in [-0.15, -0.1) is 4.72 Å². The highest BCUT2D eigenvalue weighted by Gasteiger charge is 2.32. The summed E-state index contributed by atoms with van der Waals surface area (Å²) < 4.78 is 29.3. The van der Waals surface area contributed by atoms with Crippen LogP contribution in [0.3, 0.4) is 0 Å². The molecular formula is C14H19BrFNO3S. The van der Waals surface area contributed by atoms with Crippen LogP contribution in [0.4, 0.5) is 4.39 Å². The van der Waals surface area contributed by atoms with Gasteiger partial charge in [-0.2, -0.15) is 0 Å². The van der Waals surface area contributed by atoms with Crippen LogP contribution in [0.25, 0.3) is 0 Å². The van der Waals surface area contributed by atoms with Gasteiger partial charge in [0, 0.05) is 21.4 Å². The largest absolute Gasteiger partial charge is 0.598 e.